The van der Waals surface area contributed by atoms with Crippen LogP contribution in [0.4, 0.5) is 0 Å². The van der Waals surface area contributed by atoms with Crippen molar-refractivity contribution >= 4 is 33.0 Å². The first-order valence-electron chi connectivity index (χ1n) is 6.16. The lowest BCUT2D eigenvalue weighted by atomic mass is 10.0. The fourth-order valence-electron chi connectivity index (χ4n) is 1.72. The van der Waals surface area contributed by atoms with Gasteiger partial charge in [-0.1, -0.05) is 36.2 Å². The van der Waals surface area contributed by atoms with Gasteiger partial charge in [0.25, 0.3) is 0 Å². The van der Waals surface area contributed by atoms with Crippen LogP contribution >= 0.6 is 23.2 Å². The Morgan fingerprint density at radius 3 is 2.53 bits per heavy atom. The first kappa shape index (κ1) is 16.8. The van der Waals surface area contributed by atoms with Gasteiger partial charge in [-0.15, -0.1) is 0 Å². The lowest BCUT2D eigenvalue weighted by Gasteiger charge is -2.11. The summed E-state index contributed by atoms with van der Waals surface area (Å²) in [5.74, 6) is 0.276. The maximum absolute atomic E-state index is 11.3. The lowest BCUT2D eigenvalue weighted by molar-refractivity contribution is 0.164. The Labute approximate surface area is 124 Å². The summed E-state index contributed by atoms with van der Waals surface area (Å²) < 4.78 is 22.6. The molecule has 0 fully saturated rings. The first-order chi connectivity index (χ1) is 8.84. The molecule has 0 amide bonds. The number of aliphatic hydroxyl groups is 1. The van der Waals surface area contributed by atoms with Crippen molar-refractivity contribution in [1.29, 1.82) is 0 Å². The van der Waals surface area contributed by atoms with E-state index >= 15 is 0 Å². The van der Waals surface area contributed by atoms with Gasteiger partial charge in [0.1, 0.15) is 9.84 Å². The maximum Gasteiger partial charge on any atom is 0.150 e. The SMILES string of the molecule is CCS(=O)(=O)CCCC(O)Cc1ccc(Cl)c(Cl)c1. The Morgan fingerprint density at radius 2 is 1.95 bits per heavy atom. The van der Waals surface area contributed by atoms with Crippen LogP contribution in [-0.4, -0.2) is 31.1 Å². The number of aliphatic hydroxyl groups excluding tert-OH is 1. The zero-order valence-electron chi connectivity index (χ0n) is 10.8. The van der Waals surface area contributed by atoms with Gasteiger partial charge in [-0.3, -0.25) is 0 Å². The molecule has 0 aliphatic heterocycles. The van der Waals surface area contributed by atoms with Crippen molar-refractivity contribution in [2.24, 2.45) is 0 Å². The first-order valence-corrected chi connectivity index (χ1v) is 8.74. The van der Waals surface area contributed by atoms with Crippen molar-refractivity contribution < 1.29 is 13.5 Å². The highest BCUT2D eigenvalue weighted by Crippen LogP contribution is 2.23. The van der Waals surface area contributed by atoms with Gasteiger partial charge in [0.2, 0.25) is 0 Å². The second-order valence-corrected chi connectivity index (χ2v) is 7.77. The van der Waals surface area contributed by atoms with Crippen molar-refractivity contribution in [3.63, 3.8) is 0 Å². The van der Waals surface area contributed by atoms with Gasteiger partial charge >= 0.3 is 0 Å². The van der Waals surface area contributed by atoms with Crippen LogP contribution in [-0.2, 0) is 16.3 Å². The number of hydrogen-bond acceptors (Lipinski definition) is 3. The number of sulfone groups is 1. The fraction of sp³-hybridized carbons (Fsp3) is 0.538. The van der Waals surface area contributed by atoms with Gasteiger partial charge in [0.05, 0.1) is 21.9 Å². The predicted octanol–water partition coefficient (Wildman–Crippen LogP) is 3.11. The van der Waals surface area contributed by atoms with Gasteiger partial charge in [0, 0.05) is 5.75 Å². The van der Waals surface area contributed by atoms with Crippen molar-refractivity contribution in [1.82, 2.24) is 0 Å². The van der Waals surface area contributed by atoms with Crippen LogP contribution in [0.3, 0.4) is 0 Å². The summed E-state index contributed by atoms with van der Waals surface area (Å²) in [5, 5.41) is 10.8. The Hall–Kier alpha value is -0.290. The monoisotopic (exact) mass is 324 g/mol. The second kappa shape index (κ2) is 7.48. The van der Waals surface area contributed by atoms with Gasteiger partial charge in [-0.05, 0) is 37.0 Å². The molecule has 0 saturated carbocycles. The van der Waals surface area contributed by atoms with E-state index in [1.807, 2.05) is 0 Å². The highest BCUT2D eigenvalue weighted by atomic mass is 35.5. The molecule has 1 unspecified atom stereocenters. The molecule has 1 rings (SSSR count). The van der Waals surface area contributed by atoms with Crippen LogP contribution < -0.4 is 0 Å². The zero-order valence-corrected chi connectivity index (χ0v) is 13.1. The van der Waals surface area contributed by atoms with Gasteiger partial charge in [-0.25, -0.2) is 8.42 Å². The van der Waals surface area contributed by atoms with E-state index in [9.17, 15) is 13.5 Å². The Bertz CT molecular complexity index is 515. The molecular formula is C13H18Cl2O3S. The molecule has 0 saturated heterocycles. The average molecular weight is 325 g/mol. The molecule has 1 N–H and O–H groups in total. The second-order valence-electron chi connectivity index (χ2n) is 4.49. The molecule has 1 aromatic carbocycles. The van der Waals surface area contributed by atoms with Crippen LogP contribution in [0.1, 0.15) is 25.3 Å². The number of hydrogen-bond donors (Lipinski definition) is 1. The molecule has 0 spiro atoms. The van der Waals surface area contributed by atoms with Crippen LogP contribution in [0.25, 0.3) is 0 Å². The van der Waals surface area contributed by atoms with E-state index < -0.39 is 15.9 Å². The molecule has 108 valence electrons. The fourth-order valence-corrected chi connectivity index (χ4v) is 2.94. The van der Waals surface area contributed by atoms with Crippen LogP contribution in [0.2, 0.25) is 10.0 Å². The van der Waals surface area contributed by atoms with Crippen LogP contribution in [0.15, 0.2) is 18.2 Å². The summed E-state index contributed by atoms with van der Waals surface area (Å²) in [4.78, 5) is 0. The third-order valence-electron chi connectivity index (χ3n) is 2.89. The van der Waals surface area contributed by atoms with E-state index in [1.54, 1.807) is 25.1 Å². The molecule has 0 aromatic heterocycles. The molecular weight excluding hydrogens is 307 g/mol. The van der Waals surface area contributed by atoms with Crippen molar-refractivity contribution in [3.05, 3.63) is 33.8 Å². The number of rotatable bonds is 7. The quantitative estimate of drug-likeness (QED) is 0.838. The Balaban J connectivity index is 2.43. The van der Waals surface area contributed by atoms with E-state index in [4.69, 9.17) is 23.2 Å². The minimum atomic E-state index is -2.95. The molecule has 0 heterocycles. The van der Waals surface area contributed by atoms with E-state index in [-0.39, 0.29) is 11.5 Å². The van der Waals surface area contributed by atoms with E-state index in [1.165, 1.54) is 0 Å². The Kier molecular flexibility index (Phi) is 6.60. The molecule has 0 radical (unpaired) electrons. The molecule has 0 aliphatic carbocycles. The standard InChI is InChI=1S/C13H18Cl2O3S/c1-2-19(17,18)7-3-4-11(16)8-10-5-6-12(14)13(15)9-10/h5-6,9,11,16H,2-4,7-8H2,1H3. The largest absolute Gasteiger partial charge is 0.393 e. The van der Waals surface area contributed by atoms with Crippen molar-refractivity contribution in [2.45, 2.75) is 32.3 Å². The summed E-state index contributed by atoms with van der Waals surface area (Å²) in [6.07, 6.45) is 0.811. The molecule has 3 nitrogen and oxygen atoms in total. The highest BCUT2D eigenvalue weighted by Gasteiger charge is 2.11. The van der Waals surface area contributed by atoms with Gasteiger partial charge < -0.3 is 5.11 Å². The third kappa shape index (κ3) is 6.13. The minimum absolute atomic E-state index is 0.127. The summed E-state index contributed by atoms with van der Waals surface area (Å²) in [6.45, 7) is 1.63. The highest BCUT2D eigenvalue weighted by molar-refractivity contribution is 7.91. The van der Waals surface area contributed by atoms with Gasteiger partial charge in [0.15, 0.2) is 0 Å². The maximum atomic E-state index is 11.3. The van der Waals surface area contributed by atoms with E-state index in [2.05, 4.69) is 0 Å². The molecule has 19 heavy (non-hydrogen) atoms. The normalized spacial score (nSPS) is 13.5. The smallest absolute Gasteiger partial charge is 0.150 e. The average Bonchev–Trinajstić information content (AvgIpc) is 2.33. The van der Waals surface area contributed by atoms with Gasteiger partial charge in [-0.2, -0.15) is 0 Å². The molecule has 6 heteroatoms. The summed E-state index contributed by atoms with van der Waals surface area (Å²) in [7, 11) is -2.95. The van der Waals surface area contributed by atoms with Crippen LogP contribution in [0, 0.1) is 0 Å². The number of halogens is 2. The number of benzene rings is 1. The van der Waals surface area contributed by atoms with E-state index in [0.29, 0.717) is 29.3 Å². The molecule has 0 aliphatic rings. The minimum Gasteiger partial charge on any atom is -0.393 e. The summed E-state index contributed by atoms with van der Waals surface area (Å²) in [6, 6.07) is 5.21. The van der Waals surface area contributed by atoms with Crippen molar-refractivity contribution in [3.8, 4) is 0 Å². The van der Waals surface area contributed by atoms with E-state index in [0.717, 1.165) is 5.56 Å². The summed E-state index contributed by atoms with van der Waals surface area (Å²) >= 11 is 11.7. The molecule has 0 bridgehead atoms. The van der Waals surface area contributed by atoms with Crippen molar-refractivity contribution in [2.75, 3.05) is 11.5 Å². The lowest BCUT2D eigenvalue weighted by Crippen LogP contribution is -2.14. The topological polar surface area (TPSA) is 54.4 Å². The zero-order chi connectivity index (χ0) is 14.5. The third-order valence-corrected chi connectivity index (χ3v) is 5.42. The molecule has 1 aromatic rings. The van der Waals surface area contributed by atoms with Crippen LogP contribution in [0.5, 0.6) is 0 Å². The predicted molar refractivity (Wildman–Crippen MR) is 79.7 cm³/mol. The Morgan fingerprint density at radius 1 is 1.26 bits per heavy atom. The molecule has 1 atom stereocenters. The summed E-state index contributed by atoms with van der Waals surface area (Å²) in [5.41, 5.74) is 0.889.